The summed E-state index contributed by atoms with van der Waals surface area (Å²) in [6.45, 7) is 1.58. The molecule has 1 saturated heterocycles. The third-order valence-corrected chi connectivity index (χ3v) is 6.65. The molecule has 1 aliphatic rings. The fourth-order valence-corrected chi connectivity index (χ4v) is 4.80. The zero-order valence-corrected chi connectivity index (χ0v) is 19.0. The van der Waals surface area contributed by atoms with E-state index >= 15 is 0 Å². The van der Waals surface area contributed by atoms with E-state index in [2.05, 4.69) is 6.07 Å². The smallest absolute Gasteiger partial charge is 0.248 e. The number of nitrogens with two attached hydrogens (primary N) is 1. The molecule has 0 spiro atoms. The molecule has 2 aromatic carbocycles. The van der Waals surface area contributed by atoms with Crippen LogP contribution in [0.4, 0.5) is 0 Å². The first kappa shape index (κ1) is 22.6. The molecule has 0 radical (unpaired) electrons. The number of pyridine rings is 1. The largest absolute Gasteiger partial charge is 0.366 e. The van der Waals surface area contributed by atoms with Crippen molar-refractivity contribution >= 4 is 23.6 Å². The number of carbonyl (C=O) groups excluding carboxylic acids is 2. The summed E-state index contributed by atoms with van der Waals surface area (Å²) in [5, 5.41) is 10.5. The van der Waals surface area contributed by atoms with Crippen LogP contribution in [0.1, 0.15) is 35.2 Å². The zero-order valence-electron chi connectivity index (χ0n) is 18.2. The van der Waals surface area contributed by atoms with Crippen LogP contribution in [0.25, 0.3) is 22.4 Å². The number of amides is 2. The highest BCUT2D eigenvalue weighted by atomic mass is 32.2. The molecular formula is C26H24N4O2S. The molecule has 1 aromatic heterocycles. The second-order valence-electron chi connectivity index (χ2n) is 7.88. The summed E-state index contributed by atoms with van der Waals surface area (Å²) >= 11 is 1.30. The Labute approximate surface area is 197 Å². The van der Waals surface area contributed by atoms with Crippen LogP contribution >= 0.6 is 11.8 Å². The van der Waals surface area contributed by atoms with Crippen LogP contribution in [0.5, 0.6) is 0 Å². The molecule has 0 saturated carbocycles. The van der Waals surface area contributed by atoms with Crippen LogP contribution in [0, 0.1) is 11.3 Å². The number of carbonyl (C=O) groups is 2. The van der Waals surface area contributed by atoms with Crippen molar-refractivity contribution in [2.24, 2.45) is 5.73 Å². The van der Waals surface area contributed by atoms with Gasteiger partial charge in [0.25, 0.3) is 0 Å². The summed E-state index contributed by atoms with van der Waals surface area (Å²) in [6.07, 6.45) is 3.23. The van der Waals surface area contributed by atoms with E-state index in [1.807, 2.05) is 41.3 Å². The first-order valence-corrected chi connectivity index (χ1v) is 11.9. The maximum atomic E-state index is 12.7. The van der Waals surface area contributed by atoms with E-state index in [4.69, 9.17) is 10.7 Å². The molecule has 2 heterocycles. The van der Waals surface area contributed by atoms with Crippen LogP contribution in [0.3, 0.4) is 0 Å². The molecule has 33 heavy (non-hydrogen) atoms. The van der Waals surface area contributed by atoms with Crippen LogP contribution in [0.2, 0.25) is 0 Å². The van der Waals surface area contributed by atoms with Gasteiger partial charge in [0.2, 0.25) is 11.8 Å². The van der Waals surface area contributed by atoms with Gasteiger partial charge in [0.1, 0.15) is 11.1 Å². The van der Waals surface area contributed by atoms with Crippen molar-refractivity contribution in [3.8, 4) is 28.5 Å². The molecule has 166 valence electrons. The lowest BCUT2D eigenvalue weighted by molar-refractivity contribution is -0.129. The fraction of sp³-hybridized carbons (Fsp3) is 0.231. The van der Waals surface area contributed by atoms with E-state index in [0.29, 0.717) is 21.7 Å². The zero-order chi connectivity index (χ0) is 23.2. The highest BCUT2D eigenvalue weighted by Crippen LogP contribution is 2.34. The Morgan fingerprint density at radius 1 is 1.00 bits per heavy atom. The SMILES string of the molecule is N#Cc1c(-c2ccc(C(N)=O)cc2)cc(-c2ccccc2)nc1SCC(=O)N1CCCCC1. The lowest BCUT2D eigenvalue weighted by atomic mass is 9.98. The third-order valence-electron chi connectivity index (χ3n) is 5.69. The summed E-state index contributed by atoms with van der Waals surface area (Å²) in [5.74, 6) is -0.197. The predicted octanol–water partition coefficient (Wildman–Crippen LogP) is 4.49. The highest BCUT2D eigenvalue weighted by molar-refractivity contribution is 8.00. The van der Waals surface area contributed by atoms with Crippen molar-refractivity contribution in [1.29, 1.82) is 5.26 Å². The molecule has 0 aliphatic carbocycles. The van der Waals surface area contributed by atoms with Gasteiger partial charge in [-0.3, -0.25) is 9.59 Å². The predicted molar refractivity (Wildman–Crippen MR) is 129 cm³/mol. The minimum Gasteiger partial charge on any atom is -0.366 e. The quantitative estimate of drug-likeness (QED) is 0.551. The normalized spacial score (nSPS) is 13.4. The number of benzene rings is 2. The number of rotatable bonds is 6. The number of piperidine rings is 1. The molecule has 2 N–H and O–H groups in total. The first-order chi connectivity index (χ1) is 16.1. The summed E-state index contributed by atoms with van der Waals surface area (Å²) in [6, 6.07) is 20.7. The van der Waals surface area contributed by atoms with E-state index < -0.39 is 5.91 Å². The van der Waals surface area contributed by atoms with E-state index in [1.165, 1.54) is 11.8 Å². The Morgan fingerprint density at radius 2 is 1.70 bits per heavy atom. The number of hydrogen-bond acceptors (Lipinski definition) is 5. The van der Waals surface area contributed by atoms with Gasteiger partial charge in [-0.1, -0.05) is 54.2 Å². The van der Waals surface area contributed by atoms with Gasteiger partial charge in [-0.25, -0.2) is 4.98 Å². The number of nitriles is 1. The number of thioether (sulfide) groups is 1. The van der Waals surface area contributed by atoms with Crippen LogP contribution < -0.4 is 5.73 Å². The fourth-order valence-electron chi connectivity index (χ4n) is 3.90. The van der Waals surface area contributed by atoms with Crippen molar-refractivity contribution in [3.05, 3.63) is 71.8 Å². The van der Waals surface area contributed by atoms with Gasteiger partial charge in [0, 0.05) is 29.8 Å². The van der Waals surface area contributed by atoms with Crippen molar-refractivity contribution in [3.63, 3.8) is 0 Å². The summed E-state index contributed by atoms with van der Waals surface area (Å²) in [5.41, 5.74) is 9.30. The maximum Gasteiger partial charge on any atom is 0.248 e. The lowest BCUT2D eigenvalue weighted by Crippen LogP contribution is -2.36. The monoisotopic (exact) mass is 456 g/mol. The molecule has 6 nitrogen and oxygen atoms in total. The maximum absolute atomic E-state index is 12.7. The van der Waals surface area contributed by atoms with E-state index in [0.717, 1.165) is 49.2 Å². The van der Waals surface area contributed by atoms with Crippen LogP contribution in [0.15, 0.2) is 65.7 Å². The molecule has 0 unspecified atom stereocenters. The van der Waals surface area contributed by atoms with E-state index in [9.17, 15) is 14.9 Å². The minimum atomic E-state index is -0.505. The molecular weight excluding hydrogens is 432 g/mol. The molecule has 4 rings (SSSR count). The number of primary amides is 1. The standard InChI is InChI=1S/C26H24N4O2S/c27-16-22-21(18-9-11-20(12-10-18)25(28)32)15-23(19-7-3-1-4-8-19)29-26(22)33-17-24(31)30-13-5-2-6-14-30/h1,3-4,7-12,15H,2,5-6,13-14,17H2,(H2,28,32). The molecule has 1 fully saturated rings. The van der Waals surface area contributed by atoms with Gasteiger partial charge in [-0.15, -0.1) is 0 Å². The van der Waals surface area contributed by atoms with E-state index in [-0.39, 0.29) is 11.7 Å². The number of likely N-dealkylation sites (tertiary alicyclic amines) is 1. The first-order valence-electron chi connectivity index (χ1n) is 10.9. The second-order valence-corrected chi connectivity index (χ2v) is 8.85. The third kappa shape index (κ3) is 5.24. The number of nitrogens with zero attached hydrogens (tertiary/aromatic N) is 3. The molecule has 1 aliphatic heterocycles. The van der Waals surface area contributed by atoms with Gasteiger partial charge >= 0.3 is 0 Å². The summed E-state index contributed by atoms with van der Waals surface area (Å²) in [4.78, 5) is 30.9. The summed E-state index contributed by atoms with van der Waals surface area (Å²) < 4.78 is 0. The Hall–Kier alpha value is -3.63. The van der Waals surface area contributed by atoms with Gasteiger partial charge < -0.3 is 10.6 Å². The van der Waals surface area contributed by atoms with Crippen LogP contribution in [-0.2, 0) is 4.79 Å². The van der Waals surface area contributed by atoms with Gasteiger partial charge in [0.05, 0.1) is 17.0 Å². The second kappa shape index (κ2) is 10.3. The van der Waals surface area contributed by atoms with Gasteiger partial charge in [-0.2, -0.15) is 5.26 Å². The molecule has 7 heteroatoms. The molecule has 3 aromatic rings. The average molecular weight is 457 g/mol. The Balaban J connectivity index is 1.72. The van der Waals surface area contributed by atoms with Crippen molar-refractivity contribution in [2.45, 2.75) is 24.3 Å². The van der Waals surface area contributed by atoms with Gasteiger partial charge in [-0.05, 0) is 43.0 Å². The molecule has 2 amide bonds. The van der Waals surface area contributed by atoms with E-state index in [1.54, 1.807) is 24.3 Å². The Morgan fingerprint density at radius 3 is 2.33 bits per heavy atom. The lowest BCUT2D eigenvalue weighted by Gasteiger charge is -2.26. The van der Waals surface area contributed by atoms with Gasteiger partial charge in [0.15, 0.2) is 0 Å². The van der Waals surface area contributed by atoms with Crippen molar-refractivity contribution in [2.75, 3.05) is 18.8 Å². The Kier molecular flexibility index (Phi) is 7.06. The molecule has 0 atom stereocenters. The summed E-state index contributed by atoms with van der Waals surface area (Å²) in [7, 11) is 0. The molecule has 0 bridgehead atoms. The topological polar surface area (TPSA) is 100 Å². The van der Waals surface area contributed by atoms with Crippen molar-refractivity contribution in [1.82, 2.24) is 9.88 Å². The average Bonchev–Trinajstić information content (AvgIpc) is 2.87. The van der Waals surface area contributed by atoms with Crippen LogP contribution in [-0.4, -0.2) is 40.5 Å². The number of hydrogen-bond donors (Lipinski definition) is 1. The minimum absolute atomic E-state index is 0.0721. The number of aromatic nitrogens is 1. The Bertz CT molecular complexity index is 1200. The van der Waals surface area contributed by atoms with Crippen molar-refractivity contribution < 1.29 is 9.59 Å². The highest BCUT2D eigenvalue weighted by Gasteiger charge is 2.20.